The number of aromatic nitrogens is 3. The molecule has 1 saturated carbocycles. The van der Waals surface area contributed by atoms with E-state index in [-0.39, 0.29) is 17.4 Å². The Hall–Kier alpha value is -2.55. The number of rotatable bonds is 8. The molecule has 8 heteroatoms. The Labute approximate surface area is 188 Å². The van der Waals surface area contributed by atoms with E-state index in [0.29, 0.717) is 11.5 Å². The minimum Gasteiger partial charge on any atom is -0.393 e. The zero-order chi connectivity index (χ0) is 22.7. The Balaban J connectivity index is 1.62. The van der Waals surface area contributed by atoms with E-state index < -0.39 is 15.9 Å². The van der Waals surface area contributed by atoms with Crippen LogP contribution < -0.4 is 0 Å². The van der Waals surface area contributed by atoms with Gasteiger partial charge in [-0.25, -0.2) is 8.42 Å². The molecule has 32 heavy (non-hydrogen) atoms. The van der Waals surface area contributed by atoms with Gasteiger partial charge in [-0.2, -0.15) is 0 Å². The van der Waals surface area contributed by atoms with Crippen molar-refractivity contribution in [2.75, 3.05) is 12.9 Å². The van der Waals surface area contributed by atoms with Gasteiger partial charge in [-0.15, -0.1) is 0 Å². The first-order chi connectivity index (χ1) is 15.3. The van der Waals surface area contributed by atoms with Gasteiger partial charge in [0, 0.05) is 41.5 Å². The second-order valence-corrected chi connectivity index (χ2v) is 10.6. The van der Waals surface area contributed by atoms with Crippen LogP contribution in [-0.4, -0.2) is 46.4 Å². The van der Waals surface area contributed by atoms with Crippen molar-refractivity contribution < 1.29 is 18.6 Å². The van der Waals surface area contributed by atoms with Crippen molar-refractivity contribution in [1.29, 1.82) is 0 Å². The van der Waals surface area contributed by atoms with E-state index in [1.807, 2.05) is 24.3 Å². The van der Waals surface area contributed by atoms with Crippen molar-refractivity contribution >= 4 is 9.84 Å². The molecule has 0 amide bonds. The summed E-state index contributed by atoms with van der Waals surface area (Å²) in [6.07, 6.45) is 9.15. The third-order valence-corrected chi connectivity index (χ3v) is 7.39. The van der Waals surface area contributed by atoms with Gasteiger partial charge >= 0.3 is 0 Å². The maximum atomic E-state index is 11.8. The summed E-state index contributed by atoms with van der Waals surface area (Å²) in [7, 11) is -3.29. The average Bonchev–Trinajstić information content (AvgIpc) is 3.49. The molecule has 2 atom stereocenters. The van der Waals surface area contributed by atoms with Gasteiger partial charge in [0.2, 0.25) is 0 Å². The van der Waals surface area contributed by atoms with Gasteiger partial charge in [-0.05, 0) is 42.7 Å². The van der Waals surface area contributed by atoms with Crippen LogP contribution in [0.2, 0.25) is 0 Å². The summed E-state index contributed by atoms with van der Waals surface area (Å²) in [5, 5.41) is 18.9. The number of aromatic amines is 1. The van der Waals surface area contributed by atoms with Gasteiger partial charge in [0.1, 0.15) is 6.10 Å². The van der Waals surface area contributed by atoms with Crippen LogP contribution in [0.25, 0.3) is 11.4 Å². The monoisotopic (exact) mass is 455 g/mol. The number of pyridine rings is 2. The molecule has 0 bridgehead atoms. The highest BCUT2D eigenvalue weighted by Crippen LogP contribution is 2.37. The molecular formula is C24H29N3O4S. The molecule has 1 aliphatic rings. The molecule has 2 unspecified atom stereocenters. The molecule has 1 fully saturated rings. The van der Waals surface area contributed by atoms with Gasteiger partial charge in [0.05, 0.1) is 22.9 Å². The van der Waals surface area contributed by atoms with Crippen molar-refractivity contribution in [3.63, 3.8) is 0 Å². The lowest BCUT2D eigenvalue weighted by Crippen LogP contribution is -2.10. The zero-order valence-corrected chi connectivity index (χ0v) is 18.9. The first kappa shape index (κ1) is 22.6. The molecule has 3 N–H and O–H groups in total. The fourth-order valence-corrected chi connectivity index (χ4v) is 4.99. The van der Waals surface area contributed by atoms with Crippen LogP contribution >= 0.6 is 0 Å². The summed E-state index contributed by atoms with van der Waals surface area (Å²) < 4.78 is 23.7. The summed E-state index contributed by atoms with van der Waals surface area (Å²) in [4.78, 5) is 12.6. The second kappa shape index (κ2) is 9.52. The van der Waals surface area contributed by atoms with E-state index in [9.17, 15) is 13.5 Å². The van der Waals surface area contributed by atoms with E-state index in [2.05, 4.69) is 15.0 Å². The van der Waals surface area contributed by atoms with Crippen molar-refractivity contribution in [2.24, 2.45) is 5.92 Å². The first-order valence-electron chi connectivity index (χ1n) is 11.0. The summed E-state index contributed by atoms with van der Waals surface area (Å²) in [6.45, 7) is -0.346. The number of nitrogens with one attached hydrogen (secondary N) is 1. The van der Waals surface area contributed by atoms with E-state index in [1.165, 1.54) is 38.1 Å². The Morgan fingerprint density at radius 1 is 1.06 bits per heavy atom. The van der Waals surface area contributed by atoms with Crippen molar-refractivity contribution in [1.82, 2.24) is 15.0 Å². The van der Waals surface area contributed by atoms with Gasteiger partial charge in [-0.1, -0.05) is 31.7 Å². The molecule has 4 rings (SSSR count). The molecule has 0 aliphatic heterocycles. The lowest BCUT2D eigenvalue weighted by molar-refractivity contribution is 0.0953. The highest BCUT2D eigenvalue weighted by Gasteiger charge is 2.25. The minimum absolute atomic E-state index is 0.0379. The Morgan fingerprint density at radius 2 is 1.84 bits per heavy atom. The van der Waals surface area contributed by atoms with Crippen LogP contribution in [0.15, 0.2) is 53.7 Å². The maximum Gasteiger partial charge on any atom is 0.177 e. The third kappa shape index (κ3) is 5.09. The van der Waals surface area contributed by atoms with E-state index in [4.69, 9.17) is 5.11 Å². The minimum atomic E-state index is -3.29. The highest BCUT2D eigenvalue weighted by atomic mass is 32.2. The molecular weight excluding hydrogens is 426 g/mol. The lowest BCUT2D eigenvalue weighted by Gasteiger charge is -2.20. The van der Waals surface area contributed by atoms with Crippen LogP contribution in [0.1, 0.15) is 61.1 Å². The molecule has 3 aromatic heterocycles. The van der Waals surface area contributed by atoms with Gasteiger partial charge in [-0.3, -0.25) is 9.97 Å². The van der Waals surface area contributed by atoms with Crippen LogP contribution in [0.3, 0.4) is 0 Å². The van der Waals surface area contributed by atoms with E-state index in [1.54, 1.807) is 18.3 Å². The van der Waals surface area contributed by atoms with Crippen molar-refractivity contribution in [3.05, 3.63) is 65.7 Å². The van der Waals surface area contributed by atoms with E-state index in [0.717, 1.165) is 29.2 Å². The lowest BCUT2D eigenvalue weighted by atomic mass is 9.88. The third-order valence-electron chi connectivity index (χ3n) is 6.29. The fourth-order valence-electron chi connectivity index (χ4n) is 4.44. The maximum absolute atomic E-state index is 11.8. The number of hydrogen-bond acceptors (Lipinski definition) is 6. The molecule has 170 valence electrons. The van der Waals surface area contributed by atoms with Gasteiger partial charge < -0.3 is 15.2 Å². The van der Waals surface area contributed by atoms with Crippen LogP contribution in [0.4, 0.5) is 0 Å². The number of nitrogens with zero attached hydrogens (tertiary/aromatic N) is 2. The number of hydrogen-bond donors (Lipinski definition) is 3. The highest BCUT2D eigenvalue weighted by molar-refractivity contribution is 7.90. The van der Waals surface area contributed by atoms with Crippen LogP contribution in [-0.2, 0) is 9.84 Å². The topological polar surface area (TPSA) is 116 Å². The van der Waals surface area contributed by atoms with Gasteiger partial charge in [0.15, 0.2) is 9.84 Å². The molecule has 3 aromatic rings. The fraction of sp³-hybridized carbons (Fsp3) is 0.417. The number of aliphatic hydroxyl groups is 2. The Kier molecular flexibility index (Phi) is 6.74. The normalized spacial score (nSPS) is 16.8. The molecule has 0 radical (unpaired) electrons. The van der Waals surface area contributed by atoms with E-state index >= 15 is 0 Å². The van der Waals surface area contributed by atoms with Crippen LogP contribution in [0, 0.1) is 5.92 Å². The number of sulfone groups is 1. The molecule has 3 heterocycles. The standard InChI is InChI=1S/C24H29N3O4S/c1-32(30,31)18-7-9-20(26-14-18)19(12-16-4-2-3-5-16)21-10-11-23(27-21)22-8-6-17(13-25-22)24(29)15-28/h6-11,13-14,16,19,24,27-29H,2-5,12,15H2,1H3. The van der Waals surface area contributed by atoms with Crippen molar-refractivity contribution in [2.45, 2.75) is 49.0 Å². The number of H-pyrrole nitrogens is 1. The summed E-state index contributed by atoms with van der Waals surface area (Å²) in [6, 6.07) is 11.0. The molecule has 7 nitrogen and oxygen atoms in total. The molecule has 0 spiro atoms. The summed E-state index contributed by atoms with van der Waals surface area (Å²) in [5.74, 6) is 0.663. The molecule has 1 aliphatic carbocycles. The molecule has 0 saturated heterocycles. The van der Waals surface area contributed by atoms with Gasteiger partial charge in [0.25, 0.3) is 0 Å². The number of aliphatic hydroxyl groups excluding tert-OH is 2. The average molecular weight is 456 g/mol. The predicted molar refractivity (Wildman–Crippen MR) is 122 cm³/mol. The zero-order valence-electron chi connectivity index (χ0n) is 18.1. The Morgan fingerprint density at radius 3 is 2.44 bits per heavy atom. The largest absolute Gasteiger partial charge is 0.393 e. The smallest absolute Gasteiger partial charge is 0.177 e. The second-order valence-electron chi connectivity index (χ2n) is 8.63. The van der Waals surface area contributed by atoms with Crippen molar-refractivity contribution in [3.8, 4) is 11.4 Å². The van der Waals surface area contributed by atoms with Crippen LogP contribution in [0.5, 0.6) is 0 Å². The quantitative estimate of drug-likeness (QED) is 0.478. The Bertz CT molecular complexity index is 1130. The first-order valence-corrected chi connectivity index (χ1v) is 12.8. The molecule has 0 aromatic carbocycles. The predicted octanol–water partition coefficient (Wildman–Crippen LogP) is 3.61. The summed E-state index contributed by atoms with van der Waals surface area (Å²) >= 11 is 0. The SMILES string of the molecule is CS(=O)(=O)c1ccc(C(CC2CCCC2)c2ccc(-c3ccc(C(O)CO)cn3)[nH]2)nc1. The summed E-state index contributed by atoms with van der Waals surface area (Å²) in [5.41, 5.74) is 4.04.